The second-order valence-electron chi connectivity index (χ2n) is 6.59. The molecular weight excluding hydrogens is 366 g/mol. The second-order valence-corrected chi connectivity index (χ2v) is 8.58. The molecule has 1 amide bonds. The van der Waals surface area contributed by atoms with Crippen LogP contribution >= 0.6 is 0 Å². The van der Waals surface area contributed by atoms with E-state index in [0.29, 0.717) is 13.1 Å². The maximum atomic E-state index is 12.7. The minimum Gasteiger partial charge on any atom is -0.449 e. The topological polar surface area (TPSA) is 80.8 Å². The number of hydrogen-bond acceptors (Lipinski definition) is 5. The number of amides is 1. The van der Waals surface area contributed by atoms with Crippen molar-refractivity contribution < 1.29 is 22.7 Å². The zero-order valence-corrected chi connectivity index (χ0v) is 16.0. The summed E-state index contributed by atoms with van der Waals surface area (Å²) in [5, 5.41) is 0. The average Bonchev–Trinajstić information content (AvgIpc) is 2.66. The van der Waals surface area contributed by atoms with Crippen LogP contribution in [-0.2, 0) is 32.3 Å². The molecule has 0 saturated carbocycles. The fraction of sp³-hybridized carbons (Fsp3) is 0.300. The zero-order valence-electron chi connectivity index (χ0n) is 15.2. The Kier molecular flexibility index (Phi) is 5.32. The van der Waals surface area contributed by atoms with E-state index >= 15 is 0 Å². The molecule has 1 atom stereocenters. The molecule has 3 rings (SSSR count). The highest BCUT2D eigenvalue weighted by Crippen LogP contribution is 2.21. The fourth-order valence-corrected chi connectivity index (χ4v) is 4.05. The van der Waals surface area contributed by atoms with Crippen molar-refractivity contribution in [3.63, 3.8) is 0 Å². The monoisotopic (exact) mass is 387 g/mol. The lowest BCUT2D eigenvalue weighted by Crippen LogP contribution is -2.42. The summed E-state index contributed by atoms with van der Waals surface area (Å²) in [4.78, 5) is 26.7. The SMILES string of the molecule is C[C@H](OC(=O)c1ccccc1S(C)(=O)=O)C(=O)N1CCc2ccccc2C1. The van der Waals surface area contributed by atoms with Gasteiger partial charge in [0.1, 0.15) is 0 Å². The fourth-order valence-electron chi connectivity index (χ4n) is 3.17. The molecule has 1 aliphatic heterocycles. The summed E-state index contributed by atoms with van der Waals surface area (Å²) in [6, 6.07) is 13.7. The maximum Gasteiger partial charge on any atom is 0.340 e. The molecule has 142 valence electrons. The molecule has 0 fully saturated rings. The van der Waals surface area contributed by atoms with E-state index in [4.69, 9.17) is 4.74 Å². The molecule has 0 unspecified atom stereocenters. The first-order valence-electron chi connectivity index (χ1n) is 8.63. The molecule has 1 heterocycles. The normalized spacial score (nSPS) is 15.0. The number of esters is 1. The summed E-state index contributed by atoms with van der Waals surface area (Å²) in [7, 11) is -3.58. The molecule has 0 bridgehead atoms. The number of hydrogen-bond donors (Lipinski definition) is 0. The number of carbonyl (C=O) groups excluding carboxylic acids is 2. The summed E-state index contributed by atoms with van der Waals surface area (Å²) in [5.74, 6) is -1.12. The third-order valence-electron chi connectivity index (χ3n) is 4.58. The van der Waals surface area contributed by atoms with Gasteiger partial charge in [-0.1, -0.05) is 36.4 Å². The standard InChI is InChI=1S/C20H21NO5S/c1-14(19(22)21-12-11-15-7-3-4-8-16(15)13-21)26-20(23)17-9-5-6-10-18(17)27(2,24)25/h3-10,14H,11-13H2,1-2H3/t14-/m0/s1. The molecule has 2 aromatic carbocycles. The van der Waals surface area contributed by atoms with Crippen molar-refractivity contribution in [2.75, 3.05) is 12.8 Å². The van der Waals surface area contributed by atoms with Gasteiger partial charge in [0.15, 0.2) is 15.9 Å². The first-order chi connectivity index (χ1) is 12.8. The number of carbonyl (C=O) groups is 2. The van der Waals surface area contributed by atoms with Crippen molar-refractivity contribution in [1.29, 1.82) is 0 Å². The number of benzene rings is 2. The molecule has 0 N–H and O–H groups in total. The van der Waals surface area contributed by atoms with Crippen LogP contribution in [0.5, 0.6) is 0 Å². The van der Waals surface area contributed by atoms with Gasteiger partial charge in [0.05, 0.1) is 10.5 Å². The lowest BCUT2D eigenvalue weighted by Gasteiger charge is -2.30. The van der Waals surface area contributed by atoms with Crippen molar-refractivity contribution >= 4 is 21.7 Å². The Morgan fingerprint density at radius 1 is 1.04 bits per heavy atom. The van der Waals surface area contributed by atoms with Crippen molar-refractivity contribution in [3.8, 4) is 0 Å². The Hall–Kier alpha value is -2.67. The summed E-state index contributed by atoms with van der Waals surface area (Å²) in [5.41, 5.74) is 2.23. The van der Waals surface area contributed by atoms with Crippen LogP contribution in [0.1, 0.15) is 28.4 Å². The van der Waals surface area contributed by atoms with Gasteiger partial charge < -0.3 is 9.64 Å². The maximum absolute atomic E-state index is 12.7. The van der Waals surface area contributed by atoms with E-state index in [-0.39, 0.29) is 16.4 Å². The van der Waals surface area contributed by atoms with Gasteiger partial charge in [0.25, 0.3) is 5.91 Å². The number of fused-ring (bicyclic) bond motifs is 1. The van der Waals surface area contributed by atoms with Crippen molar-refractivity contribution in [2.24, 2.45) is 0 Å². The van der Waals surface area contributed by atoms with Crippen LogP contribution in [0.4, 0.5) is 0 Å². The Balaban J connectivity index is 1.72. The summed E-state index contributed by atoms with van der Waals surface area (Å²) >= 11 is 0. The van der Waals surface area contributed by atoms with E-state index in [1.54, 1.807) is 11.0 Å². The van der Waals surface area contributed by atoms with Crippen LogP contribution in [0.2, 0.25) is 0 Å². The molecule has 1 aliphatic rings. The van der Waals surface area contributed by atoms with Gasteiger partial charge in [0.2, 0.25) is 0 Å². The lowest BCUT2D eigenvalue weighted by atomic mass is 9.99. The number of sulfone groups is 1. The first-order valence-corrected chi connectivity index (χ1v) is 10.5. The van der Waals surface area contributed by atoms with Crippen LogP contribution in [-0.4, -0.2) is 44.1 Å². The van der Waals surface area contributed by atoms with Crippen LogP contribution in [0.15, 0.2) is 53.4 Å². The summed E-state index contributed by atoms with van der Waals surface area (Å²) in [6.07, 6.45) is 0.772. The zero-order chi connectivity index (χ0) is 19.6. The van der Waals surface area contributed by atoms with Crippen LogP contribution in [0.3, 0.4) is 0 Å². The van der Waals surface area contributed by atoms with E-state index < -0.39 is 21.9 Å². The molecule has 0 saturated heterocycles. The van der Waals surface area contributed by atoms with Crippen molar-refractivity contribution in [2.45, 2.75) is 30.9 Å². The van der Waals surface area contributed by atoms with Gasteiger partial charge in [-0.15, -0.1) is 0 Å². The number of rotatable bonds is 4. The third-order valence-corrected chi connectivity index (χ3v) is 5.74. The molecule has 7 heteroatoms. The Bertz CT molecular complexity index is 983. The van der Waals surface area contributed by atoms with Gasteiger partial charge in [-0.3, -0.25) is 4.79 Å². The largest absolute Gasteiger partial charge is 0.449 e. The third kappa shape index (κ3) is 4.19. The number of nitrogens with zero attached hydrogens (tertiary/aromatic N) is 1. The average molecular weight is 387 g/mol. The van der Waals surface area contributed by atoms with E-state index in [0.717, 1.165) is 18.2 Å². The minimum atomic E-state index is -3.58. The minimum absolute atomic E-state index is 0.0661. The quantitative estimate of drug-likeness (QED) is 0.752. The molecular formula is C20H21NO5S. The van der Waals surface area contributed by atoms with Crippen molar-refractivity contribution in [3.05, 3.63) is 65.2 Å². The molecule has 27 heavy (non-hydrogen) atoms. The van der Waals surface area contributed by atoms with Crippen LogP contribution < -0.4 is 0 Å². The molecule has 0 aliphatic carbocycles. The van der Waals surface area contributed by atoms with Crippen molar-refractivity contribution in [1.82, 2.24) is 4.90 Å². The highest BCUT2D eigenvalue weighted by Gasteiger charge is 2.28. The van der Waals surface area contributed by atoms with Gasteiger partial charge >= 0.3 is 5.97 Å². The first kappa shape index (κ1) is 19.1. The Morgan fingerprint density at radius 3 is 2.37 bits per heavy atom. The highest BCUT2D eigenvalue weighted by molar-refractivity contribution is 7.90. The van der Waals surface area contributed by atoms with Gasteiger partial charge in [-0.05, 0) is 36.6 Å². The van der Waals surface area contributed by atoms with Crippen LogP contribution in [0.25, 0.3) is 0 Å². The molecule has 0 aromatic heterocycles. The predicted octanol–water partition coefficient (Wildman–Crippen LogP) is 2.22. The summed E-state index contributed by atoms with van der Waals surface area (Å²) in [6.45, 7) is 2.53. The summed E-state index contributed by atoms with van der Waals surface area (Å²) < 4.78 is 29.0. The molecule has 0 spiro atoms. The predicted molar refractivity (Wildman–Crippen MR) is 100.0 cm³/mol. The Labute approximate surface area is 158 Å². The van der Waals surface area contributed by atoms with Gasteiger partial charge in [-0.2, -0.15) is 0 Å². The van der Waals surface area contributed by atoms with Gasteiger partial charge in [-0.25, -0.2) is 13.2 Å². The Morgan fingerprint density at radius 2 is 1.67 bits per heavy atom. The molecule has 6 nitrogen and oxygen atoms in total. The van der Waals surface area contributed by atoms with E-state index in [9.17, 15) is 18.0 Å². The molecule has 0 radical (unpaired) electrons. The lowest BCUT2D eigenvalue weighted by molar-refractivity contribution is -0.140. The van der Waals surface area contributed by atoms with Gasteiger partial charge in [0, 0.05) is 19.3 Å². The van der Waals surface area contributed by atoms with E-state index in [1.165, 1.54) is 30.7 Å². The second kappa shape index (κ2) is 7.52. The number of ether oxygens (including phenoxy) is 1. The highest BCUT2D eigenvalue weighted by atomic mass is 32.2. The van der Waals surface area contributed by atoms with E-state index in [1.807, 2.05) is 24.3 Å². The van der Waals surface area contributed by atoms with Crippen LogP contribution in [0, 0.1) is 0 Å². The van der Waals surface area contributed by atoms with E-state index in [2.05, 4.69) is 0 Å². The molecule has 2 aromatic rings. The smallest absolute Gasteiger partial charge is 0.340 e.